The van der Waals surface area contributed by atoms with Gasteiger partial charge in [-0.1, -0.05) is 24.3 Å². The van der Waals surface area contributed by atoms with Gasteiger partial charge in [-0.25, -0.2) is 9.11 Å². The number of rotatable bonds is 1. The molecule has 1 aromatic carbocycles. The lowest BCUT2D eigenvalue weighted by molar-refractivity contribution is 0.589. The first kappa shape index (κ1) is 8.28. The third-order valence-corrected chi connectivity index (χ3v) is 2.62. The van der Waals surface area contributed by atoms with E-state index in [1.165, 1.54) is 12.4 Å². The van der Waals surface area contributed by atoms with Crippen LogP contribution in [-0.4, -0.2) is 12.4 Å². The van der Waals surface area contributed by atoms with Crippen molar-refractivity contribution in [1.82, 2.24) is 3.97 Å². The van der Waals surface area contributed by atoms with Gasteiger partial charge in [0.25, 0.3) is 0 Å². The zero-order valence-electron chi connectivity index (χ0n) is 6.71. The van der Waals surface area contributed by atoms with Crippen LogP contribution >= 0.6 is 0 Å². The van der Waals surface area contributed by atoms with Gasteiger partial charge < -0.3 is 0 Å². The van der Waals surface area contributed by atoms with Gasteiger partial charge in [0.2, 0.25) is 0 Å². The summed E-state index contributed by atoms with van der Waals surface area (Å²) in [4.78, 5) is 0. The quantitative estimate of drug-likeness (QED) is 0.729. The summed E-state index contributed by atoms with van der Waals surface area (Å²) in [5.74, 6) is 0. The normalized spacial score (nSPS) is 12.1. The van der Waals surface area contributed by atoms with Gasteiger partial charge in [0.1, 0.15) is 0 Å². The number of hydrogen-bond donors (Lipinski definition) is 1. The molecule has 2 rings (SSSR count). The van der Waals surface area contributed by atoms with Crippen LogP contribution in [0.4, 0.5) is 0 Å². The van der Waals surface area contributed by atoms with Gasteiger partial charge in [0, 0.05) is 23.2 Å². The SMILES string of the molecule is NS(=O)(=O)n1cc2ccccc2c1. The third-order valence-electron chi connectivity index (χ3n) is 1.82. The highest BCUT2D eigenvalue weighted by Crippen LogP contribution is 2.14. The number of hydrogen-bond acceptors (Lipinski definition) is 2. The van der Waals surface area contributed by atoms with Crippen molar-refractivity contribution in [1.29, 1.82) is 0 Å². The molecule has 2 N–H and O–H groups in total. The van der Waals surface area contributed by atoms with Crippen LogP contribution in [0.15, 0.2) is 36.7 Å². The van der Waals surface area contributed by atoms with Crippen LogP contribution in [0.25, 0.3) is 10.8 Å². The van der Waals surface area contributed by atoms with Crippen molar-refractivity contribution >= 4 is 21.0 Å². The van der Waals surface area contributed by atoms with Crippen LogP contribution in [0, 0.1) is 0 Å². The molecule has 0 radical (unpaired) electrons. The van der Waals surface area contributed by atoms with Gasteiger partial charge in [0.15, 0.2) is 0 Å². The van der Waals surface area contributed by atoms with Gasteiger partial charge in [-0.15, -0.1) is 0 Å². The zero-order chi connectivity index (χ0) is 9.47. The Bertz CT molecular complexity index is 509. The molecule has 0 spiro atoms. The summed E-state index contributed by atoms with van der Waals surface area (Å²) in [6, 6.07) is 7.35. The van der Waals surface area contributed by atoms with Crippen molar-refractivity contribution in [3.05, 3.63) is 36.7 Å². The first-order valence-electron chi connectivity index (χ1n) is 3.67. The van der Waals surface area contributed by atoms with Crippen LogP contribution in [0.1, 0.15) is 0 Å². The first-order valence-corrected chi connectivity index (χ1v) is 5.18. The minimum atomic E-state index is -3.65. The smallest absolute Gasteiger partial charge is 0.239 e. The van der Waals surface area contributed by atoms with Gasteiger partial charge in [-0.05, 0) is 0 Å². The molecule has 0 amide bonds. The fourth-order valence-corrected chi connectivity index (χ4v) is 1.73. The minimum Gasteiger partial charge on any atom is -0.239 e. The Morgan fingerprint density at radius 2 is 1.54 bits per heavy atom. The number of nitrogens with two attached hydrogens (primary N) is 1. The van der Waals surface area contributed by atoms with E-state index in [-0.39, 0.29) is 0 Å². The Morgan fingerprint density at radius 3 is 1.92 bits per heavy atom. The largest absolute Gasteiger partial charge is 0.302 e. The fourth-order valence-electron chi connectivity index (χ4n) is 1.20. The van der Waals surface area contributed by atoms with Crippen molar-refractivity contribution in [2.24, 2.45) is 5.14 Å². The van der Waals surface area contributed by atoms with E-state index < -0.39 is 10.2 Å². The highest BCUT2D eigenvalue weighted by Gasteiger charge is 2.05. The molecule has 5 heteroatoms. The summed E-state index contributed by atoms with van der Waals surface area (Å²) < 4.78 is 22.9. The maximum Gasteiger partial charge on any atom is 0.302 e. The summed E-state index contributed by atoms with van der Waals surface area (Å²) in [5, 5.41) is 6.67. The van der Waals surface area contributed by atoms with E-state index >= 15 is 0 Å². The van der Waals surface area contributed by atoms with Gasteiger partial charge in [-0.2, -0.15) is 8.42 Å². The highest BCUT2D eigenvalue weighted by molar-refractivity contribution is 7.87. The molecule has 2 aromatic rings. The molecule has 0 aliphatic heterocycles. The summed E-state index contributed by atoms with van der Waals surface area (Å²) in [5.41, 5.74) is 0. The molecule has 0 aliphatic carbocycles. The van der Waals surface area contributed by atoms with Crippen LogP contribution < -0.4 is 5.14 Å². The standard InChI is InChI=1S/C8H8N2O2S/c9-13(11,12)10-5-7-3-1-2-4-8(7)6-10/h1-6H,(H2,9,11,12). The number of fused-ring (bicyclic) bond motifs is 1. The Kier molecular flexibility index (Phi) is 1.64. The Morgan fingerprint density at radius 1 is 1.08 bits per heavy atom. The Hall–Kier alpha value is -1.33. The lowest BCUT2D eigenvalue weighted by Crippen LogP contribution is -2.19. The molecule has 0 aliphatic rings. The molecule has 1 aromatic heterocycles. The van der Waals surface area contributed by atoms with Crippen molar-refractivity contribution < 1.29 is 8.42 Å². The van der Waals surface area contributed by atoms with E-state index in [4.69, 9.17) is 5.14 Å². The Balaban J connectivity index is 2.77. The van der Waals surface area contributed by atoms with Crippen molar-refractivity contribution in [3.8, 4) is 0 Å². The van der Waals surface area contributed by atoms with Crippen LogP contribution in [0.3, 0.4) is 0 Å². The monoisotopic (exact) mass is 196 g/mol. The number of nitrogens with zero attached hydrogens (tertiary/aromatic N) is 1. The Labute approximate surface area is 75.8 Å². The van der Waals surface area contributed by atoms with Gasteiger partial charge in [0.05, 0.1) is 0 Å². The number of aromatic nitrogens is 1. The van der Waals surface area contributed by atoms with E-state index in [0.717, 1.165) is 14.7 Å². The van der Waals surface area contributed by atoms with E-state index in [0.29, 0.717) is 0 Å². The zero-order valence-corrected chi connectivity index (χ0v) is 7.53. The van der Waals surface area contributed by atoms with E-state index in [9.17, 15) is 8.42 Å². The summed E-state index contributed by atoms with van der Waals surface area (Å²) in [7, 11) is -3.65. The molecular weight excluding hydrogens is 188 g/mol. The van der Waals surface area contributed by atoms with E-state index in [1.807, 2.05) is 24.3 Å². The second-order valence-corrected chi connectivity index (χ2v) is 4.21. The lowest BCUT2D eigenvalue weighted by Gasteiger charge is -1.94. The molecule has 0 saturated heterocycles. The fraction of sp³-hybridized carbons (Fsp3) is 0. The van der Waals surface area contributed by atoms with Crippen LogP contribution in [-0.2, 0) is 10.2 Å². The molecule has 0 bridgehead atoms. The predicted octanol–water partition coefficient (Wildman–Crippen LogP) is 0.693. The maximum absolute atomic E-state index is 10.9. The van der Waals surface area contributed by atoms with E-state index in [1.54, 1.807) is 0 Å². The molecular formula is C8H8N2O2S. The summed E-state index contributed by atoms with van der Waals surface area (Å²) in [6.07, 6.45) is 2.98. The van der Waals surface area contributed by atoms with Crippen molar-refractivity contribution in [2.75, 3.05) is 0 Å². The average Bonchev–Trinajstić information content (AvgIpc) is 2.45. The molecule has 0 unspecified atom stereocenters. The summed E-state index contributed by atoms with van der Waals surface area (Å²) in [6.45, 7) is 0. The predicted molar refractivity (Wildman–Crippen MR) is 50.4 cm³/mol. The van der Waals surface area contributed by atoms with Gasteiger partial charge >= 0.3 is 10.2 Å². The highest BCUT2D eigenvalue weighted by atomic mass is 32.2. The molecule has 68 valence electrons. The number of benzene rings is 1. The van der Waals surface area contributed by atoms with Gasteiger partial charge in [-0.3, -0.25) is 0 Å². The molecule has 0 atom stereocenters. The first-order chi connectivity index (χ1) is 6.07. The molecule has 13 heavy (non-hydrogen) atoms. The molecule has 0 fully saturated rings. The molecule has 4 nitrogen and oxygen atoms in total. The lowest BCUT2D eigenvalue weighted by atomic mass is 10.2. The minimum absolute atomic E-state index is 0.858. The van der Waals surface area contributed by atoms with Crippen LogP contribution in [0.2, 0.25) is 0 Å². The maximum atomic E-state index is 10.9. The molecule has 1 heterocycles. The molecule has 0 saturated carbocycles. The second-order valence-electron chi connectivity index (χ2n) is 2.76. The second kappa shape index (κ2) is 2.58. The summed E-state index contributed by atoms with van der Waals surface area (Å²) >= 11 is 0. The van der Waals surface area contributed by atoms with Crippen LogP contribution in [0.5, 0.6) is 0 Å². The third kappa shape index (κ3) is 1.43. The van der Waals surface area contributed by atoms with E-state index in [2.05, 4.69) is 0 Å². The van der Waals surface area contributed by atoms with Crippen molar-refractivity contribution in [3.63, 3.8) is 0 Å². The van der Waals surface area contributed by atoms with Crippen molar-refractivity contribution in [2.45, 2.75) is 0 Å². The topological polar surface area (TPSA) is 65.1 Å². The average molecular weight is 196 g/mol.